The van der Waals surface area contributed by atoms with E-state index in [0.717, 1.165) is 61.8 Å². The fraction of sp³-hybridized carbons (Fsp3) is 0.500. The highest BCUT2D eigenvalue weighted by molar-refractivity contribution is 5.85. The first-order valence-corrected chi connectivity index (χ1v) is 11.5. The SMILES string of the molecule is CN(C)C(=O)C1(Cc2cccc(-c3cccnc3)c2)CCCN(C(=O)C2CCCC2)C1. The van der Waals surface area contributed by atoms with Gasteiger partial charge in [0.2, 0.25) is 11.8 Å². The average Bonchev–Trinajstić information content (AvgIpc) is 3.34. The molecule has 1 atom stereocenters. The van der Waals surface area contributed by atoms with Crippen LogP contribution in [0.3, 0.4) is 0 Å². The second-order valence-electron chi connectivity index (χ2n) is 9.44. The third-order valence-electron chi connectivity index (χ3n) is 6.92. The summed E-state index contributed by atoms with van der Waals surface area (Å²) < 4.78 is 0. The molecule has 1 aromatic carbocycles. The van der Waals surface area contributed by atoms with E-state index in [1.54, 1.807) is 11.1 Å². The number of carbonyl (C=O) groups is 2. The summed E-state index contributed by atoms with van der Waals surface area (Å²) in [7, 11) is 3.65. The molecule has 1 aromatic heterocycles. The number of nitrogens with zero attached hydrogens (tertiary/aromatic N) is 3. The van der Waals surface area contributed by atoms with Crippen molar-refractivity contribution in [3.63, 3.8) is 0 Å². The minimum Gasteiger partial charge on any atom is -0.348 e. The maximum atomic E-state index is 13.4. The van der Waals surface area contributed by atoms with Crippen molar-refractivity contribution in [2.24, 2.45) is 11.3 Å². The molecule has 2 heterocycles. The molecular formula is C26H33N3O2. The molecule has 1 saturated carbocycles. The summed E-state index contributed by atoms with van der Waals surface area (Å²) in [5.41, 5.74) is 2.74. The molecule has 1 aliphatic carbocycles. The normalized spacial score (nSPS) is 21.8. The van der Waals surface area contributed by atoms with Crippen LogP contribution in [0.5, 0.6) is 0 Å². The number of hydrogen-bond acceptors (Lipinski definition) is 3. The maximum absolute atomic E-state index is 13.4. The molecule has 2 amide bonds. The van der Waals surface area contributed by atoms with Crippen molar-refractivity contribution in [3.05, 3.63) is 54.4 Å². The summed E-state index contributed by atoms with van der Waals surface area (Å²) in [6.07, 6.45) is 10.3. The molecule has 1 unspecified atom stereocenters. The molecule has 1 aliphatic heterocycles. The zero-order valence-corrected chi connectivity index (χ0v) is 18.7. The largest absolute Gasteiger partial charge is 0.348 e. The highest BCUT2D eigenvalue weighted by atomic mass is 16.2. The van der Waals surface area contributed by atoms with Gasteiger partial charge in [-0.2, -0.15) is 0 Å². The Labute approximate surface area is 185 Å². The monoisotopic (exact) mass is 419 g/mol. The third kappa shape index (κ3) is 4.65. The number of rotatable bonds is 5. The van der Waals surface area contributed by atoms with Gasteiger partial charge in [0, 0.05) is 45.5 Å². The van der Waals surface area contributed by atoms with Crippen molar-refractivity contribution in [3.8, 4) is 11.1 Å². The van der Waals surface area contributed by atoms with Gasteiger partial charge in [-0.25, -0.2) is 0 Å². The van der Waals surface area contributed by atoms with Crippen LogP contribution in [0.1, 0.15) is 44.1 Å². The fourth-order valence-electron chi connectivity index (χ4n) is 5.40. The van der Waals surface area contributed by atoms with E-state index in [1.807, 2.05) is 31.3 Å². The molecule has 0 N–H and O–H groups in total. The molecule has 164 valence electrons. The standard InChI is InChI=1S/C26H33N3O2/c1-28(2)25(31)26(13-7-15-29(19-26)24(30)21-9-3-4-10-21)17-20-8-5-11-22(16-20)23-12-6-14-27-18-23/h5-6,8,11-12,14,16,18,21H,3-4,7,9-10,13,15,17,19H2,1-2H3. The molecule has 1 saturated heterocycles. The van der Waals surface area contributed by atoms with E-state index in [9.17, 15) is 9.59 Å². The van der Waals surface area contributed by atoms with Crippen molar-refractivity contribution in [1.29, 1.82) is 0 Å². The van der Waals surface area contributed by atoms with Crippen LogP contribution in [0.2, 0.25) is 0 Å². The molecular weight excluding hydrogens is 386 g/mol. The first-order chi connectivity index (χ1) is 15.0. The van der Waals surface area contributed by atoms with Gasteiger partial charge in [0.05, 0.1) is 5.41 Å². The Morgan fingerprint density at radius 2 is 1.87 bits per heavy atom. The number of benzene rings is 1. The summed E-state index contributed by atoms with van der Waals surface area (Å²) in [4.78, 5) is 34.5. The van der Waals surface area contributed by atoms with Gasteiger partial charge in [-0.15, -0.1) is 0 Å². The van der Waals surface area contributed by atoms with Gasteiger partial charge in [0.1, 0.15) is 0 Å². The highest BCUT2D eigenvalue weighted by Gasteiger charge is 2.45. The summed E-state index contributed by atoms with van der Waals surface area (Å²) >= 11 is 0. The van der Waals surface area contributed by atoms with E-state index in [1.165, 1.54) is 0 Å². The number of hydrogen-bond donors (Lipinski definition) is 0. The summed E-state index contributed by atoms with van der Waals surface area (Å²) in [5.74, 6) is 0.541. The predicted octanol–water partition coefficient (Wildman–Crippen LogP) is 4.18. The highest BCUT2D eigenvalue weighted by Crippen LogP contribution is 2.38. The lowest BCUT2D eigenvalue weighted by Gasteiger charge is -2.44. The first-order valence-electron chi connectivity index (χ1n) is 11.5. The minimum absolute atomic E-state index is 0.128. The summed E-state index contributed by atoms with van der Waals surface area (Å²) in [6.45, 7) is 1.30. The zero-order chi connectivity index (χ0) is 21.8. The second kappa shape index (κ2) is 9.21. The predicted molar refractivity (Wildman–Crippen MR) is 122 cm³/mol. The second-order valence-corrected chi connectivity index (χ2v) is 9.44. The van der Waals surface area contributed by atoms with E-state index in [2.05, 4.69) is 35.3 Å². The Kier molecular flexibility index (Phi) is 6.40. The number of carbonyl (C=O) groups excluding carboxylic acids is 2. The number of likely N-dealkylation sites (tertiary alicyclic amines) is 1. The summed E-state index contributed by atoms with van der Waals surface area (Å²) in [6, 6.07) is 12.4. The van der Waals surface area contributed by atoms with Crippen LogP contribution in [0.4, 0.5) is 0 Å². The molecule has 2 aromatic rings. The summed E-state index contributed by atoms with van der Waals surface area (Å²) in [5, 5.41) is 0. The van der Waals surface area contributed by atoms with Crippen molar-refractivity contribution >= 4 is 11.8 Å². The Balaban J connectivity index is 1.61. The Morgan fingerprint density at radius 1 is 1.10 bits per heavy atom. The molecule has 31 heavy (non-hydrogen) atoms. The van der Waals surface area contributed by atoms with E-state index in [-0.39, 0.29) is 17.7 Å². The van der Waals surface area contributed by atoms with Crippen molar-refractivity contribution in [1.82, 2.24) is 14.8 Å². The van der Waals surface area contributed by atoms with Crippen LogP contribution in [0.15, 0.2) is 48.8 Å². The lowest BCUT2D eigenvalue weighted by atomic mass is 9.73. The molecule has 5 heteroatoms. The zero-order valence-electron chi connectivity index (χ0n) is 18.7. The quantitative estimate of drug-likeness (QED) is 0.731. The molecule has 0 bridgehead atoms. The van der Waals surface area contributed by atoms with Gasteiger partial charge in [-0.05, 0) is 54.9 Å². The van der Waals surface area contributed by atoms with Gasteiger partial charge in [-0.1, -0.05) is 43.2 Å². The van der Waals surface area contributed by atoms with Gasteiger partial charge in [0.15, 0.2) is 0 Å². The Morgan fingerprint density at radius 3 is 2.58 bits per heavy atom. The van der Waals surface area contributed by atoms with E-state index in [0.29, 0.717) is 13.0 Å². The molecule has 2 fully saturated rings. The van der Waals surface area contributed by atoms with Crippen LogP contribution in [-0.2, 0) is 16.0 Å². The number of amides is 2. The number of pyridine rings is 1. The maximum Gasteiger partial charge on any atom is 0.230 e. The first kappa shape index (κ1) is 21.5. The smallest absolute Gasteiger partial charge is 0.230 e. The van der Waals surface area contributed by atoms with Crippen LogP contribution < -0.4 is 0 Å². The minimum atomic E-state index is -0.566. The lowest BCUT2D eigenvalue weighted by Crippen LogP contribution is -2.55. The fourth-order valence-corrected chi connectivity index (χ4v) is 5.40. The van der Waals surface area contributed by atoms with E-state index < -0.39 is 5.41 Å². The molecule has 0 spiro atoms. The Hall–Kier alpha value is -2.69. The molecule has 5 nitrogen and oxygen atoms in total. The van der Waals surface area contributed by atoms with Crippen LogP contribution in [-0.4, -0.2) is 53.8 Å². The topological polar surface area (TPSA) is 53.5 Å². The van der Waals surface area contributed by atoms with Crippen LogP contribution >= 0.6 is 0 Å². The van der Waals surface area contributed by atoms with Crippen molar-refractivity contribution < 1.29 is 9.59 Å². The Bertz CT molecular complexity index is 921. The third-order valence-corrected chi connectivity index (χ3v) is 6.92. The average molecular weight is 420 g/mol. The van der Waals surface area contributed by atoms with E-state index in [4.69, 9.17) is 0 Å². The van der Waals surface area contributed by atoms with Crippen molar-refractivity contribution in [2.45, 2.75) is 44.9 Å². The van der Waals surface area contributed by atoms with Gasteiger partial charge in [0.25, 0.3) is 0 Å². The van der Waals surface area contributed by atoms with Crippen LogP contribution in [0.25, 0.3) is 11.1 Å². The number of piperidine rings is 1. The van der Waals surface area contributed by atoms with Crippen LogP contribution in [0, 0.1) is 11.3 Å². The van der Waals surface area contributed by atoms with Gasteiger partial charge < -0.3 is 9.80 Å². The molecule has 4 rings (SSSR count). The molecule has 0 radical (unpaired) electrons. The van der Waals surface area contributed by atoms with Crippen molar-refractivity contribution in [2.75, 3.05) is 27.2 Å². The van der Waals surface area contributed by atoms with E-state index >= 15 is 0 Å². The number of aromatic nitrogens is 1. The molecule has 2 aliphatic rings. The van der Waals surface area contributed by atoms with Gasteiger partial charge >= 0.3 is 0 Å². The van der Waals surface area contributed by atoms with Gasteiger partial charge in [-0.3, -0.25) is 14.6 Å². The lowest BCUT2D eigenvalue weighted by molar-refractivity contribution is -0.148.